The molecule has 0 bridgehead atoms. The van der Waals surface area contributed by atoms with Crippen molar-refractivity contribution in [1.29, 1.82) is 5.26 Å². The van der Waals surface area contributed by atoms with Gasteiger partial charge in [-0.3, -0.25) is 9.80 Å². The van der Waals surface area contributed by atoms with Gasteiger partial charge in [0.05, 0.1) is 11.9 Å². The fourth-order valence-corrected chi connectivity index (χ4v) is 7.83. The van der Waals surface area contributed by atoms with Crippen molar-refractivity contribution < 1.29 is 22.7 Å². The van der Waals surface area contributed by atoms with Crippen LogP contribution in [0.15, 0.2) is 48.8 Å². The van der Waals surface area contributed by atoms with Crippen molar-refractivity contribution in [2.24, 2.45) is 5.41 Å². The number of nitriles is 1. The Labute approximate surface area is 296 Å². The standard InChI is InChI=1S/C38H45F3N8O2/c1-36(2,3)51-35(50)47-15-12-45(13-16-47)14-17-49-30(22-42)20-29-18-28(5-7-33(29)49)23-46-10-8-37(9-11-46)24-48(25-37)34-31-19-27(21-38(39,40)41)4-6-32(31)43-26-44-34/h4-7,18-20,26H,8-17,21,23-25H2,1-3H3. The van der Waals surface area contributed by atoms with E-state index in [1.165, 1.54) is 18.0 Å². The third kappa shape index (κ3) is 7.92. The van der Waals surface area contributed by atoms with E-state index in [-0.39, 0.29) is 17.1 Å². The first-order chi connectivity index (χ1) is 24.3. The lowest BCUT2D eigenvalue weighted by Gasteiger charge is -2.54. The molecule has 7 rings (SSSR count). The average molecular weight is 703 g/mol. The van der Waals surface area contributed by atoms with Gasteiger partial charge in [-0.1, -0.05) is 12.1 Å². The second kappa shape index (κ2) is 13.6. The Morgan fingerprint density at radius 3 is 2.31 bits per heavy atom. The Morgan fingerprint density at radius 1 is 0.902 bits per heavy atom. The van der Waals surface area contributed by atoms with Gasteiger partial charge in [0.1, 0.15) is 29.5 Å². The molecule has 0 unspecified atom stereocenters. The molecule has 1 spiro atoms. The number of hydrogen-bond acceptors (Lipinski definition) is 8. The topological polar surface area (TPSA) is 93.8 Å². The molecule has 2 aromatic heterocycles. The molecule has 270 valence electrons. The molecule has 3 aliphatic rings. The Balaban J connectivity index is 0.922. The highest BCUT2D eigenvalue weighted by Crippen LogP contribution is 2.44. The predicted octanol–water partition coefficient (Wildman–Crippen LogP) is 6.22. The van der Waals surface area contributed by atoms with Crippen molar-refractivity contribution in [3.8, 4) is 6.07 Å². The highest BCUT2D eigenvalue weighted by atomic mass is 19.4. The molecule has 4 aromatic rings. The summed E-state index contributed by atoms with van der Waals surface area (Å²) in [4.78, 5) is 30.0. The second-order valence-electron chi connectivity index (χ2n) is 15.5. The summed E-state index contributed by atoms with van der Waals surface area (Å²) < 4.78 is 46.8. The SMILES string of the molecule is CC(C)(C)OC(=O)N1CCN(CCn2c(C#N)cc3cc(CN4CCC5(CC4)CN(c4ncnc6ccc(CC(F)(F)F)cc46)C5)ccc32)CC1. The van der Waals surface area contributed by atoms with Crippen LogP contribution >= 0.6 is 0 Å². The molecule has 0 aliphatic carbocycles. The van der Waals surface area contributed by atoms with Crippen LogP contribution in [-0.2, 0) is 24.2 Å². The quantitative estimate of drug-likeness (QED) is 0.224. The first-order valence-electron chi connectivity index (χ1n) is 17.8. The molecule has 3 saturated heterocycles. The molecule has 5 heterocycles. The number of carbonyl (C=O) groups excluding carboxylic acids is 1. The predicted molar refractivity (Wildman–Crippen MR) is 189 cm³/mol. The van der Waals surface area contributed by atoms with Crippen LogP contribution in [0.1, 0.15) is 50.4 Å². The Bertz CT molecular complexity index is 1940. The van der Waals surface area contributed by atoms with Gasteiger partial charge in [-0.05, 0) is 88.2 Å². The molecule has 2 aromatic carbocycles. The van der Waals surface area contributed by atoms with Gasteiger partial charge in [-0.15, -0.1) is 0 Å². The number of piperazine rings is 1. The van der Waals surface area contributed by atoms with E-state index < -0.39 is 18.2 Å². The number of rotatable bonds is 7. The number of anilines is 1. The number of fused-ring (bicyclic) bond motifs is 2. The lowest BCUT2D eigenvalue weighted by atomic mass is 9.72. The summed E-state index contributed by atoms with van der Waals surface area (Å²) in [5.74, 6) is 0.717. The van der Waals surface area contributed by atoms with E-state index in [2.05, 4.69) is 53.5 Å². The van der Waals surface area contributed by atoms with E-state index in [4.69, 9.17) is 4.74 Å². The zero-order chi connectivity index (χ0) is 36.0. The highest BCUT2D eigenvalue weighted by Gasteiger charge is 2.45. The molecule has 1 amide bonds. The maximum atomic E-state index is 13.1. The molecular weight excluding hydrogens is 657 g/mol. The van der Waals surface area contributed by atoms with Crippen LogP contribution in [0.25, 0.3) is 21.8 Å². The zero-order valence-corrected chi connectivity index (χ0v) is 29.5. The van der Waals surface area contributed by atoms with E-state index in [1.54, 1.807) is 17.0 Å². The molecule has 3 fully saturated rings. The molecule has 0 saturated carbocycles. The minimum absolute atomic E-state index is 0.183. The fourth-order valence-electron chi connectivity index (χ4n) is 7.83. The fraction of sp³-hybridized carbons (Fsp3) is 0.526. The van der Waals surface area contributed by atoms with E-state index in [0.29, 0.717) is 36.2 Å². The Kier molecular flexibility index (Phi) is 9.35. The number of ether oxygens (including phenoxy) is 1. The van der Waals surface area contributed by atoms with Gasteiger partial charge in [-0.2, -0.15) is 18.4 Å². The molecule has 51 heavy (non-hydrogen) atoms. The zero-order valence-electron chi connectivity index (χ0n) is 29.5. The van der Waals surface area contributed by atoms with Gasteiger partial charge in [0, 0.05) is 80.6 Å². The average Bonchev–Trinajstić information content (AvgIpc) is 3.42. The molecule has 0 radical (unpaired) electrons. The van der Waals surface area contributed by atoms with Crippen LogP contribution in [0.3, 0.4) is 0 Å². The number of likely N-dealkylation sites (tertiary alicyclic amines) is 1. The smallest absolute Gasteiger partial charge is 0.410 e. The maximum Gasteiger partial charge on any atom is 0.410 e. The number of hydrogen-bond donors (Lipinski definition) is 0. The van der Waals surface area contributed by atoms with E-state index in [0.717, 1.165) is 81.9 Å². The van der Waals surface area contributed by atoms with Gasteiger partial charge in [-0.25, -0.2) is 14.8 Å². The first-order valence-corrected chi connectivity index (χ1v) is 17.8. The Hall–Kier alpha value is -4.41. The minimum Gasteiger partial charge on any atom is -0.444 e. The van der Waals surface area contributed by atoms with E-state index >= 15 is 0 Å². The number of amides is 1. The molecule has 0 N–H and O–H groups in total. The van der Waals surface area contributed by atoms with E-state index in [1.807, 2.05) is 26.8 Å². The van der Waals surface area contributed by atoms with Crippen LogP contribution in [0.2, 0.25) is 0 Å². The third-order valence-corrected chi connectivity index (χ3v) is 10.5. The van der Waals surface area contributed by atoms with Gasteiger partial charge in [0.15, 0.2) is 0 Å². The van der Waals surface area contributed by atoms with Gasteiger partial charge in [0.25, 0.3) is 0 Å². The molecule has 3 aliphatic heterocycles. The largest absolute Gasteiger partial charge is 0.444 e. The maximum absolute atomic E-state index is 13.1. The number of benzene rings is 2. The Morgan fingerprint density at radius 2 is 1.63 bits per heavy atom. The summed E-state index contributed by atoms with van der Waals surface area (Å²) in [6.07, 6.45) is -1.90. The normalized spacial score (nSPS) is 18.7. The number of nitrogens with zero attached hydrogens (tertiary/aromatic N) is 8. The molecule has 0 atom stereocenters. The molecule has 13 heteroatoms. The summed E-state index contributed by atoms with van der Waals surface area (Å²) in [6.45, 7) is 14.4. The molecular formula is C38H45F3N8O2. The monoisotopic (exact) mass is 702 g/mol. The first kappa shape index (κ1) is 35.0. The van der Waals surface area contributed by atoms with Crippen molar-refractivity contribution in [1.82, 2.24) is 29.2 Å². The van der Waals surface area contributed by atoms with Crippen LogP contribution in [0.4, 0.5) is 23.8 Å². The van der Waals surface area contributed by atoms with Gasteiger partial charge < -0.3 is 19.1 Å². The number of carbonyl (C=O) groups is 1. The van der Waals surface area contributed by atoms with Crippen LogP contribution in [0.5, 0.6) is 0 Å². The van der Waals surface area contributed by atoms with Crippen molar-refractivity contribution in [2.45, 2.75) is 64.9 Å². The number of halogens is 3. The van der Waals surface area contributed by atoms with Crippen LogP contribution in [0, 0.1) is 16.7 Å². The summed E-state index contributed by atoms with van der Waals surface area (Å²) in [7, 11) is 0. The van der Waals surface area contributed by atoms with Crippen molar-refractivity contribution in [2.75, 3.05) is 63.8 Å². The van der Waals surface area contributed by atoms with E-state index in [9.17, 15) is 23.2 Å². The second-order valence-corrected chi connectivity index (χ2v) is 15.5. The van der Waals surface area contributed by atoms with Crippen LogP contribution < -0.4 is 4.90 Å². The van der Waals surface area contributed by atoms with Crippen LogP contribution in [-0.4, -0.2) is 106 Å². The summed E-state index contributed by atoms with van der Waals surface area (Å²) in [5, 5.41) is 11.7. The number of aromatic nitrogens is 3. The van der Waals surface area contributed by atoms with Gasteiger partial charge in [0.2, 0.25) is 0 Å². The summed E-state index contributed by atoms with van der Waals surface area (Å²) in [5.41, 5.74) is 3.48. The van der Waals surface area contributed by atoms with Crippen molar-refractivity contribution >= 4 is 33.7 Å². The summed E-state index contributed by atoms with van der Waals surface area (Å²) >= 11 is 0. The lowest BCUT2D eigenvalue weighted by molar-refractivity contribution is -0.127. The highest BCUT2D eigenvalue weighted by molar-refractivity contribution is 5.90. The number of piperidine rings is 1. The molecule has 10 nitrogen and oxygen atoms in total. The van der Waals surface area contributed by atoms with Gasteiger partial charge >= 0.3 is 12.3 Å². The third-order valence-electron chi connectivity index (χ3n) is 10.5. The summed E-state index contributed by atoms with van der Waals surface area (Å²) in [6, 6.07) is 15.6. The van der Waals surface area contributed by atoms with Crippen molar-refractivity contribution in [3.05, 3.63) is 65.6 Å². The lowest BCUT2D eigenvalue weighted by Crippen LogP contribution is -2.60. The van der Waals surface area contributed by atoms with Crippen molar-refractivity contribution in [3.63, 3.8) is 0 Å². The number of alkyl halides is 3. The minimum atomic E-state index is -4.26.